The van der Waals surface area contributed by atoms with Crippen LogP contribution in [-0.2, 0) is 0 Å². The van der Waals surface area contributed by atoms with Gasteiger partial charge in [-0.05, 0) is 56.3 Å². The van der Waals surface area contributed by atoms with Gasteiger partial charge in [-0.25, -0.2) is 0 Å². The van der Waals surface area contributed by atoms with Crippen molar-refractivity contribution in [3.8, 4) is 0 Å². The van der Waals surface area contributed by atoms with E-state index in [1.165, 1.54) is 45.2 Å². The van der Waals surface area contributed by atoms with Gasteiger partial charge in [-0.15, -0.1) is 0 Å². The highest BCUT2D eigenvalue weighted by molar-refractivity contribution is 5.07. The van der Waals surface area contributed by atoms with Gasteiger partial charge in [-0.2, -0.15) is 0 Å². The van der Waals surface area contributed by atoms with E-state index in [9.17, 15) is 0 Å². The monoisotopic (exact) mass is 292 g/mol. The summed E-state index contributed by atoms with van der Waals surface area (Å²) < 4.78 is 0. The third-order valence-electron chi connectivity index (χ3n) is 7.03. The average Bonchev–Trinajstić information content (AvgIpc) is 3.23. The summed E-state index contributed by atoms with van der Waals surface area (Å²) >= 11 is 0. The predicted octanol–water partition coefficient (Wildman–Crippen LogP) is 3.91. The molecule has 0 bridgehead atoms. The predicted molar refractivity (Wildman–Crippen MR) is 90.4 cm³/mol. The SMILES string of the molecule is CCC1CCC(N2CC(C)(C3CC3)NCC2C(C)C)C1C. The van der Waals surface area contributed by atoms with E-state index in [1.807, 2.05) is 0 Å². The molecule has 1 aliphatic heterocycles. The maximum atomic E-state index is 3.94. The standard InChI is InChI=1S/C19H36N2/c1-6-15-7-10-17(14(15)4)21-12-19(5,16-8-9-16)20-11-18(21)13(2)3/h13-18,20H,6-12H2,1-5H3. The van der Waals surface area contributed by atoms with Gasteiger partial charge in [0, 0.05) is 30.7 Å². The lowest BCUT2D eigenvalue weighted by Crippen LogP contribution is -2.67. The molecule has 1 saturated heterocycles. The lowest BCUT2D eigenvalue weighted by molar-refractivity contribution is 0.00458. The van der Waals surface area contributed by atoms with Crippen LogP contribution in [0.1, 0.15) is 66.7 Å². The van der Waals surface area contributed by atoms with Crippen LogP contribution in [0.2, 0.25) is 0 Å². The molecule has 0 aromatic carbocycles. The number of hydrogen-bond acceptors (Lipinski definition) is 2. The highest BCUT2D eigenvalue weighted by Gasteiger charge is 2.49. The lowest BCUT2D eigenvalue weighted by Gasteiger charge is -2.51. The molecule has 1 heterocycles. The fourth-order valence-electron chi connectivity index (χ4n) is 5.25. The second kappa shape index (κ2) is 5.85. The van der Waals surface area contributed by atoms with Gasteiger partial charge in [-0.3, -0.25) is 4.90 Å². The first kappa shape index (κ1) is 15.8. The molecule has 21 heavy (non-hydrogen) atoms. The summed E-state index contributed by atoms with van der Waals surface area (Å²) in [7, 11) is 0. The van der Waals surface area contributed by atoms with E-state index in [0.29, 0.717) is 5.54 Å². The molecule has 0 radical (unpaired) electrons. The largest absolute Gasteiger partial charge is 0.308 e. The molecule has 3 aliphatic rings. The van der Waals surface area contributed by atoms with Crippen LogP contribution >= 0.6 is 0 Å². The van der Waals surface area contributed by atoms with Crippen molar-refractivity contribution in [3.63, 3.8) is 0 Å². The molecule has 5 unspecified atom stereocenters. The Morgan fingerprint density at radius 2 is 1.90 bits per heavy atom. The molecule has 2 saturated carbocycles. The first-order valence-electron chi connectivity index (χ1n) is 9.47. The fraction of sp³-hybridized carbons (Fsp3) is 1.00. The van der Waals surface area contributed by atoms with Crippen molar-refractivity contribution < 1.29 is 0 Å². The van der Waals surface area contributed by atoms with Gasteiger partial charge in [0.2, 0.25) is 0 Å². The minimum Gasteiger partial charge on any atom is -0.308 e. The van der Waals surface area contributed by atoms with Gasteiger partial charge in [0.25, 0.3) is 0 Å². The zero-order valence-corrected chi connectivity index (χ0v) is 14.9. The molecule has 3 rings (SSSR count). The fourth-order valence-corrected chi connectivity index (χ4v) is 5.25. The Labute approximate surface area is 132 Å². The van der Waals surface area contributed by atoms with E-state index in [-0.39, 0.29) is 0 Å². The topological polar surface area (TPSA) is 15.3 Å². The zero-order chi connectivity index (χ0) is 15.2. The molecular formula is C19H36N2. The summed E-state index contributed by atoms with van der Waals surface area (Å²) in [6.07, 6.45) is 7.15. The molecule has 0 aromatic rings. The Bertz CT molecular complexity index is 363. The quantitative estimate of drug-likeness (QED) is 0.845. The maximum Gasteiger partial charge on any atom is 0.0309 e. The highest BCUT2D eigenvalue weighted by Crippen LogP contribution is 2.45. The lowest BCUT2D eigenvalue weighted by atomic mass is 9.84. The van der Waals surface area contributed by atoms with Crippen molar-refractivity contribution in [2.75, 3.05) is 13.1 Å². The van der Waals surface area contributed by atoms with Crippen LogP contribution in [0.25, 0.3) is 0 Å². The van der Waals surface area contributed by atoms with Crippen molar-refractivity contribution in [2.24, 2.45) is 23.7 Å². The van der Waals surface area contributed by atoms with E-state index >= 15 is 0 Å². The van der Waals surface area contributed by atoms with E-state index in [4.69, 9.17) is 0 Å². The van der Waals surface area contributed by atoms with Crippen molar-refractivity contribution >= 4 is 0 Å². The van der Waals surface area contributed by atoms with Crippen molar-refractivity contribution in [1.82, 2.24) is 10.2 Å². The van der Waals surface area contributed by atoms with Gasteiger partial charge in [0.15, 0.2) is 0 Å². The molecule has 1 N–H and O–H groups in total. The first-order chi connectivity index (χ1) is 9.96. The van der Waals surface area contributed by atoms with Crippen LogP contribution in [0.5, 0.6) is 0 Å². The summed E-state index contributed by atoms with van der Waals surface area (Å²) in [6.45, 7) is 14.7. The number of rotatable bonds is 4. The van der Waals surface area contributed by atoms with Crippen LogP contribution in [0.3, 0.4) is 0 Å². The molecule has 0 spiro atoms. The third-order valence-corrected chi connectivity index (χ3v) is 7.03. The van der Waals surface area contributed by atoms with E-state index in [2.05, 4.69) is 44.8 Å². The van der Waals surface area contributed by atoms with Crippen LogP contribution in [0.4, 0.5) is 0 Å². The van der Waals surface area contributed by atoms with Gasteiger partial charge >= 0.3 is 0 Å². The van der Waals surface area contributed by atoms with Crippen LogP contribution in [-0.4, -0.2) is 35.6 Å². The molecule has 2 nitrogen and oxygen atoms in total. The molecular weight excluding hydrogens is 256 g/mol. The van der Waals surface area contributed by atoms with Gasteiger partial charge in [-0.1, -0.05) is 34.1 Å². The number of nitrogens with zero attached hydrogens (tertiary/aromatic N) is 1. The minimum atomic E-state index is 0.384. The first-order valence-corrected chi connectivity index (χ1v) is 9.47. The summed E-state index contributed by atoms with van der Waals surface area (Å²) in [4.78, 5) is 2.94. The number of piperazine rings is 1. The summed E-state index contributed by atoms with van der Waals surface area (Å²) in [5, 5.41) is 3.94. The maximum absolute atomic E-state index is 3.94. The van der Waals surface area contributed by atoms with Gasteiger partial charge < -0.3 is 5.32 Å². The Morgan fingerprint density at radius 1 is 1.19 bits per heavy atom. The highest BCUT2D eigenvalue weighted by atomic mass is 15.3. The summed E-state index contributed by atoms with van der Waals surface area (Å²) in [5.41, 5.74) is 0.384. The molecule has 3 fully saturated rings. The molecule has 0 amide bonds. The Kier molecular flexibility index (Phi) is 4.40. The van der Waals surface area contributed by atoms with Crippen LogP contribution in [0.15, 0.2) is 0 Å². The zero-order valence-electron chi connectivity index (χ0n) is 14.9. The molecule has 5 atom stereocenters. The Morgan fingerprint density at radius 3 is 2.43 bits per heavy atom. The summed E-state index contributed by atoms with van der Waals surface area (Å²) in [6, 6.07) is 1.57. The Balaban J connectivity index is 1.77. The smallest absolute Gasteiger partial charge is 0.0309 e. The Hall–Kier alpha value is -0.0800. The van der Waals surface area contributed by atoms with Crippen molar-refractivity contribution in [2.45, 2.75) is 84.3 Å². The van der Waals surface area contributed by atoms with E-state index in [1.54, 1.807) is 0 Å². The number of hydrogen-bond donors (Lipinski definition) is 1. The molecule has 2 aliphatic carbocycles. The van der Waals surface area contributed by atoms with Crippen molar-refractivity contribution in [3.05, 3.63) is 0 Å². The van der Waals surface area contributed by atoms with E-state index < -0.39 is 0 Å². The molecule has 122 valence electrons. The van der Waals surface area contributed by atoms with Gasteiger partial charge in [0.05, 0.1) is 0 Å². The number of nitrogens with one attached hydrogen (secondary N) is 1. The van der Waals surface area contributed by atoms with Gasteiger partial charge in [0.1, 0.15) is 0 Å². The second-order valence-corrected chi connectivity index (χ2v) is 8.73. The van der Waals surface area contributed by atoms with Crippen LogP contribution < -0.4 is 5.32 Å². The average molecular weight is 293 g/mol. The normalized spacial score (nSPS) is 45.4. The molecule has 0 aromatic heterocycles. The van der Waals surface area contributed by atoms with E-state index in [0.717, 1.165) is 35.8 Å². The molecule has 2 heteroatoms. The second-order valence-electron chi connectivity index (χ2n) is 8.73. The third kappa shape index (κ3) is 2.91. The minimum absolute atomic E-state index is 0.384. The summed E-state index contributed by atoms with van der Waals surface area (Å²) in [5.74, 6) is 3.55. The van der Waals surface area contributed by atoms with Crippen LogP contribution in [0, 0.1) is 23.7 Å². The van der Waals surface area contributed by atoms with Crippen molar-refractivity contribution in [1.29, 1.82) is 0 Å².